The minimum atomic E-state index is -3.80. The summed E-state index contributed by atoms with van der Waals surface area (Å²) >= 11 is 0. The second kappa shape index (κ2) is 9.46. The molecule has 0 saturated carbocycles. The van der Waals surface area contributed by atoms with Gasteiger partial charge in [0.2, 0.25) is 0 Å². The largest absolute Gasteiger partial charge is 0.444 e. The van der Waals surface area contributed by atoms with Crippen molar-refractivity contribution in [3.05, 3.63) is 48.4 Å². The van der Waals surface area contributed by atoms with Crippen molar-refractivity contribution < 1.29 is 17.9 Å². The second-order valence-electron chi connectivity index (χ2n) is 9.76. The molecule has 0 radical (unpaired) electrons. The molecule has 3 heterocycles. The van der Waals surface area contributed by atoms with Crippen LogP contribution >= 0.6 is 0 Å². The molecule has 0 spiro atoms. The number of fused-ring (bicyclic) bond motifs is 1. The van der Waals surface area contributed by atoms with Gasteiger partial charge in [0, 0.05) is 32.4 Å². The first-order valence-electron chi connectivity index (χ1n) is 11.6. The number of rotatable bonds is 5. The third kappa shape index (κ3) is 5.40. The van der Waals surface area contributed by atoms with Crippen molar-refractivity contribution in [2.45, 2.75) is 57.1 Å². The quantitative estimate of drug-likeness (QED) is 0.568. The van der Waals surface area contributed by atoms with Gasteiger partial charge in [-0.2, -0.15) is 0 Å². The number of ether oxygens (including phenoxy) is 1. The molecule has 1 amide bonds. The summed E-state index contributed by atoms with van der Waals surface area (Å²) in [6, 6.07) is 8.49. The van der Waals surface area contributed by atoms with Crippen molar-refractivity contribution in [2.75, 3.05) is 25.1 Å². The number of carbonyl (C=O) groups is 1. The summed E-state index contributed by atoms with van der Waals surface area (Å²) in [7, 11) is -1.90. The van der Waals surface area contributed by atoms with E-state index in [4.69, 9.17) is 4.74 Å². The second-order valence-corrected chi connectivity index (χ2v) is 11.6. The van der Waals surface area contributed by atoms with Crippen LogP contribution < -0.4 is 10.3 Å². The number of piperidine rings is 1. The summed E-state index contributed by atoms with van der Waals surface area (Å²) in [6.07, 6.45) is 3.99. The van der Waals surface area contributed by atoms with Crippen molar-refractivity contribution >= 4 is 33.0 Å². The molecule has 10 nitrogen and oxygen atoms in total. The van der Waals surface area contributed by atoms with Gasteiger partial charge < -0.3 is 10.1 Å². The summed E-state index contributed by atoms with van der Waals surface area (Å²) in [5.41, 5.74) is 0.772. The van der Waals surface area contributed by atoms with Crippen LogP contribution in [0.1, 0.15) is 39.2 Å². The molecule has 11 heteroatoms. The van der Waals surface area contributed by atoms with Gasteiger partial charge in [-0.3, -0.25) is 5.01 Å². The van der Waals surface area contributed by atoms with Gasteiger partial charge in [-0.05, 0) is 58.7 Å². The smallest absolute Gasteiger partial charge is 0.407 e. The third-order valence-corrected chi connectivity index (χ3v) is 7.61. The molecule has 0 atom stereocenters. The number of nitrogens with zero attached hydrogens (tertiary/aromatic N) is 5. The third-order valence-electron chi connectivity index (χ3n) is 5.93. The Morgan fingerprint density at radius 3 is 2.40 bits per heavy atom. The molecule has 3 aromatic rings. The number of alkyl carbamates (subject to hydrolysis) is 1. The standard InChI is InChI=1S/C24H32N6O4S/c1-17-6-8-19(9-7-17)35(32,33)30-15-12-20-21(25-16-26-22(20)30)28(5)29-13-10-18(11-14-29)27-23(31)34-24(2,3)4/h6-9,12,15-16,18H,10-11,13-14H2,1-5H3,(H,27,31). The Balaban J connectivity index is 1.50. The number of amides is 1. The number of benzene rings is 1. The lowest BCUT2D eigenvalue weighted by Crippen LogP contribution is -2.51. The molecule has 35 heavy (non-hydrogen) atoms. The first kappa shape index (κ1) is 24.9. The van der Waals surface area contributed by atoms with E-state index in [0.717, 1.165) is 18.4 Å². The van der Waals surface area contributed by atoms with Gasteiger partial charge in [0.25, 0.3) is 10.0 Å². The molecule has 2 aromatic heterocycles. The maximum absolute atomic E-state index is 13.2. The molecule has 1 saturated heterocycles. The lowest BCUT2D eigenvalue weighted by atomic mass is 10.1. The molecule has 0 aliphatic carbocycles. The van der Waals surface area contributed by atoms with Crippen molar-refractivity contribution in [3.63, 3.8) is 0 Å². The van der Waals surface area contributed by atoms with Crippen LogP contribution in [0, 0.1) is 6.92 Å². The minimum Gasteiger partial charge on any atom is -0.444 e. The fraction of sp³-hybridized carbons (Fsp3) is 0.458. The zero-order valence-electron chi connectivity index (χ0n) is 20.7. The number of hydrazine groups is 1. The van der Waals surface area contributed by atoms with E-state index in [1.165, 1.54) is 16.5 Å². The molecule has 1 aromatic carbocycles. The zero-order chi connectivity index (χ0) is 25.4. The van der Waals surface area contributed by atoms with Crippen LogP contribution in [-0.4, -0.2) is 65.2 Å². The number of aryl methyl sites for hydroxylation is 1. The fourth-order valence-electron chi connectivity index (χ4n) is 4.11. The minimum absolute atomic E-state index is 0.0284. The topological polar surface area (TPSA) is 110 Å². The first-order chi connectivity index (χ1) is 16.5. The number of carbonyl (C=O) groups excluding carboxylic acids is 1. The molecular formula is C24H32N6O4S. The normalized spacial score (nSPS) is 15.8. The van der Waals surface area contributed by atoms with E-state index in [0.29, 0.717) is 29.9 Å². The van der Waals surface area contributed by atoms with E-state index in [2.05, 4.69) is 20.3 Å². The molecule has 1 aliphatic heterocycles. The van der Waals surface area contributed by atoms with Crippen LogP contribution in [0.15, 0.2) is 47.8 Å². The Hall–Kier alpha value is -3.18. The highest BCUT2D eigenvalue weighted by molar-refractivity contribution is 7.90. The number of hydrogen-bond acceptors (Lipinski definition) is 8. The van der Waals surface area contributed by atoms with E-state index in [1.54, 1.807) is 30.3 Å². The van der Waals surface area contributed by atoms with E-state index in [1.807, 2.05) is 39.8 Å². The maximum atomic E-state index is 13.2. The summed E-state index contributed by atoms with van der Waals surface area (Å²) in [4.78, 5) is 21.0. The number of aromatic nitrogens is 3. The molecule has 1 fully saturated rings. The lowest BCUT2D eigenvalue weighted by molar-refractivity contribution is 0.0478. The van der Waals surface area contributed by atoms with Gasteiger partial charge in [-0.15, -0.1) is 0 Å². The Kier molecular flexibility index (Phi) is 6.74. The van der Waals surface area contributed by atoms with Crippen molar-refractivity contribution in [1.29, 1.82) is 0 Å². The van der Waals surface area contributed by atoms with Crippen LogP contribution in [0.3, 0.4) is 0 Å². The summed E-state index contributed by atoms with van der Waals surface area (Å²) in [6.45, 7) is 8.83. The molecule has 4 rings (SSSR count). The van der Waals surface area contributed by atoms with Gasteiger partial charge in [0.05, 0.1) is 10.3 Å². The van der Waals surface area contributed by atoms with Crippen LogP contribution in [0.25, 0.3) is 11.0 Å². The fourth-order valence-corrected chi connectivity index (χ4v) is 5.41. The average molecular weight is 501 g/mol. The highest BCUT2D eigenvalue weighted by atomic mass is 32.2. The summed E-state index contributed by atoms with van der Waals surface area (Å²) < 4.78 is 33.1. The summed E-state index contributed by atoms with van der Waals surface area (Å²) in [5, 5.41) is 7.63. The molecule has 0 unspecified atom stereocenters. The molecule has 1 N–H and O–H groups in total. The predicted molar refractivity (Wildman–Crippen MR) is 134 cm³/mol. The highest BCUT2D eigenvalue weighted by Crippen LogP contribution is 2.28. The van der Waals surface area contributed by atoms with E-state index >= 15 is 0 Å². The lowest BCUT2D eigenvalue weighted by Gasteiger charge is -2.38. The van der Waals surface area contributed by atoms with E-state index in [9.17, 15) is 13.2 Å². The Bertz CT molecular complexity index is 1310. The van der Waals surface area contributed by atoms with Gasteiger partial charge in [-0.25, -0.2) is 32.2 Å². The van der Waals surface area contributed by atoms with Gasteiger partial charge >= 0.3 is 6.09 Å². The average Bonchev–Trinajstić information content (AvgIpc) is 3.23. The molecule has 188 valence electrons. The first-order valence-corrected chi connectivity index (χ1v) is 13.0. The van der Waals surface area contributed by atoms with Crippen molar-refractivity contribution in [1.82, 2.24) is 24.3 Å². The van der Waals surface area contributed by atoms with Crippen LogP contribution in [0.5, 0.6) is 0 Å². The molecule has 1 aliphatic rings. The zero-order valence-corrected chi connectivity index (χ0v) is 21.5. The Morgan fingerprint density at radius 1 is 1.11 bits per heavy atom. The van der Waals surface area contributed by atoms with Crippen LogP contribution in [-0.2, 0) is 14.8 Å². The summed E-state index contributed by atoms with van der Waals surface area (Å²) in [5.74, 6) is 0.617. The van der Waals surface area contributed by atoms with Crippen LogP contribution in [0.4, 0.5) is 10.6 Å². The highest BCUT2D eigenvalue weighted by Gasteiger charge is 2.27. The van der Waals surface area contributed by atoms with Crippen LogP contribution in [0.2, 0.25) is 0 Å². The number of anilines is 1. The SMILES string of the molecule is Cc1ccc(S(=O)(=O)n2ccc3c(N(C)N4CCC(NC(=O)OC(C)(C)C)CC4)ncnc32)cc1. The van der Waals surface area contributed by atoms with E-state index < -0.39 is 21.7 Å². The number of hydrogen-bond donors (Lipinski definition) is 1. The van der Waals surface area contributed by atoms with Gasteiger partial charge in [-0.1, -0.05) is 17.7 Å². The van der Waals surface area contributed by atoms with Crippen molar-refractivity contribution in [3.8, 4) is 0 Å². The Morgan fingerprint density at radius 2 is 1.77 bits per heavy atom. The Labute approximate surface area is 205 Å². The maximum Gasteiger partial charge on any atom is 0.407 e. The monoisotopic (exact) mass is 500 g/mol. The van der Waals surface area contributed by atoms with Gasteiger partial charge in [0.1, 0.15) is 11.9 Å². The predicted octanol–water partition coefficient (Wildman–Crippen LogP) is 3.32. The molecule has 0 bridgehead atoms. The van der Waals surface area contributed by atoms with Crippen molar-refractivity contribution in [2.24, 2.45) is 0 Å². The van der Waals surface area contributed by atoms with Gasteiger partial charge in [0.15, 0.2) is 11.5 Å². The number of nitrogens with one attached hydrogen (secondary N) is 1. The molecular weight excluding hydrogens is 468 g/mol. The van der Waals surface area contributed by atoms with E-state index in [-0.39, 0.29) is 10.9 Å².